The van der Waals surface area contributed by atoms with Gasteiger partial charge in [0.1, 0.15) is 6.42 Å². The van der Waals surface area contributed by atoms with Crippen molar-refractivity contribution in [3.05, 3.63) is 23.8 Å². The Hall–Kier alpha value is -1.38. The van der Waals surface area contributed by atoms with E-state index >= 15 is 0 Å². The number of carbonyl (C=O) groups excluding carboxylic acids is 2. The van der Waals surface area contributed by atoms with Crippen LogP contribution in [0.1, 0.15) is 48.0 Å². The summed E-state index contributed by atoms with van der Waals surface area (Å²) in [4.78, 5) is 22.1. The van der Waals surface area contributed by atoms with Crippen molar-refractivity contribution < 1.29 is 14.3 Å². The Kier molecular flexibility index (Phi) is 21.0. The molecule has 0 aliphatic carbocycles. The van der Waals surface area contributed by atoms with Crippen LogP contribution in [0.4, 0.5) is 0 Å². The molecule has 0 N–H and O–H groups in total. The smallest absolute Gasteiger partial charge is 0.313 e. The SMILES string of the molecule is C/C=C\C(=C/C)C(=O)CC(=O)OC.CC.CC. The number of carbonyl (C=O) groups is 2. The van der Waals surface area contributed by atoms with Crippen LogP contribution >= 0.6 is 0 Å². The van der Waals surface area contributed by atoms with Crippen LogP contribution < -0.4 is 0 Å². The number of rotatable bonds is 4. The van der Waals surface area contributed by atoms with Crippen LogP contribution in [0, 0.1) is 0 Å². The van der Waals surface area contributed by atoms with Gasteiger partial charge in [0.15, 0.2) is 5.78 Å². The van der Waals surface area contributed by atoms with Crippen molar-refractivity contribution in [1.29, 1.82) is 0 Å². The molecule has 0 aliphatic rings. The van der Waals surface area contributed by atoms with Gasteiger partial charge < -0.3 is 4.74 Å². The van der Waals surface area contributed by atoms with Crippen LogP contribution in [0.25, 0.3) is 0 Å². The van der Waals surface area contributed by atoms with E-state index in [1.807, 2.05) is 34.6 Å². The van der Waals surface area contributed by atoms with Gasteiger partial charge in [0.05, 0.1) is 7.11 Å². The van der Waals surface area contributed by atoms with E-state index in [2.05, 4.69) is 4.74 Å². The lowest BCUT2D eigenvalue weighted by molar-refractivity contribution is -0.142. The quantitative estimate of drug-likeness (QED) is 0.327. The van der Waals surface area contributed by atoms with Crippen molar-refractivity contribution in [3.63, 3.8) is 0 Å². The Morgan fingerprint density at radius 1 is 1.06 bits per heavy atom. The molecule has 3 heteroatoms. The lowest BCUT2D eigenvalue weighted by atomic mass is 10.1. The molecule has 0 spiro atoms. The van der Waals surface area contributed by atoms with Gasteiger partial charge in [0.25, 0.3) is 0 Å². The van der Waals surface area contributed by atoms with E-state index < -0.39 is 5.97 Å². The summed E-state index contributed by atoms with van der Waals surface area (Å²) in [5, 5.41) is 0. The van der Waals surface area contributed by atoms with Crippen molar-refractivity contribution in [3.8, 4) is 0 Å². The number of ether oxygens (including phenoxy) is 1. The molecule has 0 aromatic heterocycles. The highest BCUT2D eigenvalue weighted by molar-refractivity contribution is 6.07. The monoisotopic (exact) mass is 242 g/mol. The Morgan fingerprint density at radius 2 is 1.53 bits per heavy atom. The van der Waals surface area contributed by atoms with Gasteiger partial charge in [-0.3, -0.25) is 9.59 Å². The topological polar surface area (TPSA) is 43.4 Å². The van der Waals surface area contributed by atoms with Gasteiger partial charge in [0.2, 0.25) is 0 Å². The van der Waals surface area contributed by atoms with E-state index in [1.165, 1.54) is 7.11 Å². The van der Waals surface area contributed by atoms with Gasteiger partial charge in [-0.15, -0.1) is 0 Å². The van der Waals surface area contributed by atoms with Crippen molar-refractivity contribution in [2.75, 3.05) is 7.11 Å². The van der Waals surface area contributed by atoms with E-state index in [-0.39, 0.29) is 12.2 Å². The van der Waals surface area contributed by atoms with Crippen LogP contribution in [0.15, 0.2) is 23.8 Å². The van der Waals surface area contributed by atoms with Crippen molar-refractivity contribution >= 4 is 11.8 Å². The van der Waals surface area contributed by atoms with Crippen LogP contribution in [0.5, 0.6) is 0 Å². The summed E-state index contributed by atoms with van der Waals surface area (Å²) in [5.41, 5.74) is 0.535. The molecule has 0 aromatic rings. The Morgan fingerprint density at radius 3 is 1.82 bits per heavy atom. The molecule has 0 amide bonds. The highest BCUT2D eigenvalue weighted by Crippen LogP contribution is 2.03. The molecule has 17 heavy (non-hydrogen) atoms. The molecule has 0 unspecified atom stereocenters. The Bertz CT molecular complexity index is 250. The molecule has 0 bridgehead atoms. The number of ketones is 1. The molecule has 0 radical (unpaired) electrons. The molecule has 0 aliphatic heterocycles. The van der Waals surface area contributed by atoms with Crippen molar-refractivity contribution in [1.82, 2.24) is 0 Å². The predicted molar refractivity (Wildman–Crippen MR) is 72.9 cm³/mol. The summed E-state index contributed by atoms with van der Waals surface area (Å²) in [6.45, 7) is 11.6. The number of methoxy groups -OCH3 is 1. The van der Waals surface area contributed by atoms with Gasteiger partial charge in [-0.25, -0.2) is 0 Å². The first-order chi connectivity index (χ1) is 8.15. The summed E-state index contributed by atoms with van der Waals surface area (Å²) in [7, 11) is 1.26. The maximum Gasteiger partial charge on any atom is 0.313 e. The van der Waals surface area contributed by atoms with Crippen LogP contribution in [-0.2, 0) is 14.3 Å². The summed E-state index contributed by atoms with van der Waals surface area (Å²) in [6.07, 6.45) is 4.90. The third-order valence-corrected chi connectivity index (χ3v) is 1.51. The van der Waals surface area contributed by atoms with Gasteiger partial charge in [0, 0.05) is 5.57 Å². The normalized spacial score (nSPS) is 9.71. The minimum atomic E-state index is -0.506. The second kappa shape index (κ2) is 17.0. The number of hydrogen-bond acceptors (Lipinski definition) is 3. The molecule has 0 atom stereocenters. The predicted octanol–water partition coefficient (Wildman–Crippen LogP) is 3.69. The lowest BCUT2D eigenvalue weighted by Crippen LogP contribution is -2.10. The van der Waals surface area contributed by atoms with E-state index in [0.717, 1.165) is 0 Å². The highest BCUT2D eigenvalue weighted by Gasteiger charge is 2.11. The first-order valence-electron chi connectivity index (χ1n) is 6.04. The third kappa shape index (κ3) is 12.6. The Balaban J connectivity index is -0.000000439. The fourth-order valence-electron chi connectivity index (χ4n) is 0.835. The molecule has 0 saturated carbocycles. The molecular weight excluding hydrogens is 216 g/mol. The van der Waals surface area contributed by atoms with E-state index in [4.69, 9.17) is 0 Å². The zero-order chi connectivity index (χ0) is 14.3. The van der Waals surface area contributed by atoms with Crippen molar-refractivity contribution in [2.45, 2.75) is 48.0 Å². The second-order valence-corrected chi connectivity index (χ2v) is 2.42. The number of esters is 1. The summed E-state index contributed by atoms with van der Waals surface area (Å²) >= 11 is 0. The second-order valence-electron chi connectivity index (χ2n) is 2.42. The number of allylic oxidation sites excluding steroid dienone is 4. The maximum absolute atomic E-state index is 11.3. The van der Waals surface area contributed by atoms with E-state index in [0.29, 0.717) is 5.57 Å². The maximum atomic E-state index is 11.3. The fraction of sp³-hybridized carbons (Fsp3) is 0.571. The number of hydrogen-bond donors (Lipinski definition) is 0. The Labute approximate surface area is 106 Å². The minimum absolute atomic E-state index is 0.194. The third-order valence-electron chi connectivity index (χ3n) is 1.51. The van der Waals surface area contributed by atoms with Gasteiger partial charge in [-0.2, -0.15) is 0 Å². The zero-order valence-corrected chi connectivity index (χ0v) is 12.2. The van der Waals surface area contributed by atoms with Crippen LogP contribution in [0.3, 0.4) is 0 Å². The highest BCUT2D eigenvalue weighted by atomic mass is 16.5. The first kappa shape index (κ1) is 21.0. The summed E-state index contributed by atoms with van der Waals surface area (Å²) in [5.74, 6) is -0.721. The minimum Gasteiger partial charge on any atom is -0.469 e. The average Bonchev–Trinajstić information content (AvgIpc) is 2.40. The standard InChI is InChI=1S/C10H14O3.2C2H6/c1-4-6-8(5-2)9(11)7-10(12)13-3;2*1-2/h4-6H,7H2,1-3H3;2*1-2H3/b6-4-,8-5+;;. The molecule has 0 rings (SSSR count). The van der Waals surface area contributed by atoms with Crippen molar-refractivity contribution in [2.24, 2.45) is 0 Å². The average molecular weight is 242 g/mol. The van der Waals surface area contributed by atoms with Crippen LogP contribution in [0.2, 0.25) is 0 Å². The molecule has 0 heterocycles. The molecule has 3 nitrogen and oxygen atoms in total. The zero-order valence-electron chi connectivity index (χ0n) is 12.2. The van der Waals surface area contributed by atoms with Gasteiger partial charge in [-0.05, 0) is 13.8 Å². The molecule has 0 aromatic carbocycles. The molecule has 0 fully saturated rings. The molecule has 100 valence electrons. The lowest BCUT2D eigenvalue weighted by Gasteiger charge is -1.99. The first-order valence-corrected chi connectivity index (χ1v) is 6.04. The van der Waals surface area contributed by atoms with E-state index in [9.17, 15) is 9.59 Å². The summed E-state index contributed by atoms with van der Waals surface area (Å²) in [6, 6.07) is 0. The van der Waals surface area contributed by atoms with Gasteiger partial charge in [-0.1, -0.05) is 45.9 Å². The van der Waals surface area contributed by atoms with E-state index in [1.54, 1.807) is 25.2 Å². The molecule has 0 saturated heterocycles. The fourth-order valence-corrected chi connectivity index (χ4v) is 0.835. The van der Waals surface area contributed by atoms with Crippen LogP contribution in [-0.4, -0.2) is 18.9 Å². The number of Topliss-reactive ketones (excluding diaryl/α,β-unsaturated/α-hetero) is 1. The largest absolute Gasteiger partial charge is 0.469 e. The van der Waals surface area contributed by atoms with Gasteiger partial charge >= 0.3 is 5.97 Å². The summed E-state index contributed by atoms with van der Waals surface area (Å²) < 4.78 is 4.38. The molecular formula is C14H26O3.